The summed E-state index contributed by atoms with van der Waals surface area (Å²) >= 11 is 11.5. The van der Waals surface area contributed by atoms with Gasteiger partial charge in [0.05, 0.1) is 10.8 Å². The highest BCUT2D eigenvalue weighted by molar-refractivity contribution is 6.32. The molecule has 0 bridgehead atoms. The van der Waals surface area contributed by atoms with Crippen molar-refractivity contribution in [3.63, 3.8) is 0 Å². The van der Waals surface area contributed by atoms with Gasteiger partial charge < -0.3 is 4.74 Å². The van der Waals surface area contributed by atoms with E-state index in [4.69, 9.17) is 27.9 Å². The molecule has 0 saturated carbocycles. The maximum atomic E-state index is 11.3. The molecular weight excluding hydrogens is 263 g/mol. The first kappa shape index (κ1) is 16.4. The Labute approximate surface area is 111 Å². The summed E-state index contributed by atoms with van der Waals surface area (Å²) in [5, 5.41) is -1.30. The molecule has 17 heavy (non-hydrogen) atoms. The van der Waals surface area contributed by atoms with Crippen molar-refractivity contribution in [2.45, 2.75) is 23.6 Å². The average Bonchev–Trinajstić information content (AvgIpc) is 2.29. The molecule has 0 aromatic rings. The van der Waals surface area contributed by atoms with Crippen LogP contribution in [0.5, 0.6) is 0 Å². The second kappa shape index (κ2) is 9.40. The Morgan fingerprint density at radius 3 is 1.65 bits per heavy atom. The molecule has 0 amide bonds. The Balaban J connectivity index is 3.83. The third kappa shape index (κ3) is 7.31. The number of ether oxygens (including phenoxy) is 1. The number of Topliss-reactive ketones (excluding diaryl/α,β-unsaturated/α-hetero) is 2. The maximum absolute atomic E-state index is 11.3. The predicted molar refractivity (Wildman–Crippen MR) is 69.7 cm³/mol. The highest BCUT2D eigenvalue weighted by atomic mass is 35.5. The van der Waals surface area contributed by atoms with Crippen molar-refractivity contribution >= 4 is 34.8 Å². The first-order valence-electron chi connectivity index (χ1n) is 5.16. The summed E-state index contributed by atoms with van der Waals surface area (Å²) in [5.74, 6) is -0.539. The van der Waals surface area contributed by atoms with Gasteiger partial charge in [-0.15, -0.1) is 36.4 Å². The highest BCUT2D eigenvalue weighted by Gasteiger charge is 2.17. The molecule has 3 nitrogen and oxygen atoms in total. The molecule has 0 aliphatic rings. The van der Waals surface area contributed by atoms with E-state index in [1.165, 1.54) is 0 Å². The van der Waals surface area contributed by atoms with Gasteiger partial charge in [-0.1, -0.05) is 12.2 Å². The number of carbonyl (C=O) groups is 2. The Morgan fingerprint density at radius 1 is 1.00 bits per heavy atom. The van der Waals surface area contributed by atoms with Crippen molar-refractivity contribution < 1.29 is 14.3 Å². The minimum absolute atomic E-state index is 0.189. The van der Waals surface area contributed by atoms with Gasteiger partial charge in [0.1, 0.15) is 13.2 Å². The van der Waals surface area contributed by atoms with Crippen LogP contribution in [0.2, 0.25) is 0 Å². The summed E-state index contributed by atoms with van der Waals surface area (Å²) in [7, 11) is 0. The van der Waals surface area contributed by atoms with Crippen molar-refractivity contribution in [1.29, 1.82) is 0 Å². The van der Waals surface area contributed by atoms with Crippen LogP contribution < -0.4 is 0 Å². The number of allylic oxidation sites excluding steroid dienone is 2. The van der Waals surface area contributed by atoms with Gasteiger partial charge in [0.25, 0.3) is 0 Å². The Bertz CT molecular complexity index is 261. The van der Waals surface area contributed by atoms with Crippen LogP contribution in [0.1, 0.15) is 12.8 Å². The maximum Gasteiger partial charge on any atom is 0.176 e. The molecule has 0 fully saturated rings. The van der Waals surface area contributed by atoms with Crippen LogP contribution in [0.25, 0.3) is 0 Å². The number of halogens is 2. The Kier molecular flexibility index (Phi) is 9.04. The van der Waals surface area contributed by atoms with Gasteiger partial charge in [-0.25, -0.2) is 0 Å². The molecule has 0 N–H and O–H groups in total. The quantitative estimate of drug-likeness (QED) is 0.456. The number of ketones is 2. The summed E-state index contributed by atoms with van der Waals surface area (Å²) < 4.78 is 4.96. The predicted octanol–water partition coefficient (Wildman–Crippen LogP) is 2.51. The minimum atomic E-state index is -0.650. The first-order chi connectivity index (χ1) is 8.02. The van der Waals surface area contributed by atoms with E-state index >= 15 is 0 Å². The summed E-state index contributed by atoms with van der Waals surface area (Å²) in [5.41, 5.74) is 0. The molecule has 0 radical (unpaired) electrons. The monoisotopic (exact) mass is 278 g/mol. The van der Waals surface area contributed by atoms with Gasteiger partial charge in [-0.05, 0) is 12.8 Å². The van der Waals surface area contributed by atoms with E-state index in [-0.39, 0.29) is 24.8 Å². The van der Waals surface area contributed by atoms with Crippen LogP contribution >= 0.6 is 23.2 Å². The zero-order valence-corrected chi connectivity index (χ0v) is 11.0. The fourth-order valence-corrected chi connectivity index (χ4v) is 1.37. The molecule has 0 aliphatic carbocycles. The fourth-order valence-electron chi connectivity index (χ4n) is 0.989. The second-order valence-corrected chi connectivity index (χ2v) is 4.46. The second-order valence-electron chi connectivity index (χ2n) is 3.41. The van der Waals surface area contributed by atoms with E-state index in [2.05, 4.69) is 13.2 Å². The van der Waals surface area contributed by atoms with Crippen molar-refractivity contribution in [1.82, 2.24) is 0 Å². The van der Waals surface area contributed by atoms with Crippen LogP contribution in [-0.4, -0.2) is 35.5 Å². The smallest absolute Gasteiger partial charge is 0.176 e. The number of rotatable bonds is 10. The SMILES string of the molecule is C=CCC(Cl)C(=O)COCC(=O)C(Cl)CC=C. The molecule has 0 rings (SSSR count). The molecule has 0 aliphatic heterocycles. The molecule has 0 saturated heterocycles. The van der Waals surface area contributed by atoms with Crippen LogP contribution in [0, 0.1) is 0 Å². The minimum Gasteiger partial charge on any atom is -0.366 e. The number of hydrogen-bond donors (Lipinski definition) is 0. The lowest BCUT2D eigenvalue weighted by Crippen LogP contribution is -2.25. The van der Waals surface area contributed by atoms with Crippen molar-refractivity contribution in [2.75, 3.05) is 13.2 Å². The first-order valence-corrected chi connectivity index (χ1v) is 6.03. The molecule has 0 aromatic heterocycles. The van der Waals surface area contributed by atoms with Crippen LogP contribution in [0.15, 0.2) is 25.3 Å². The number of alkyl halides is 2. The van der Waals surface area contributed by atoms with Gasteiger partial charge in [0.2, 0.25) is 0 Å². The zero-order chi connectivity index (χ0) is 13.3. The Morgan fingerprint density at radius 2 is 1.35 bits per heavy atom. The molecular formula is C12H16Cl2O3. The van der Waals surface area contributed by atoms with E-state index < -0.39 is 10.8 Å². The molecule has 0 aromatic carbocycles. The normalized spacial score (nSPS) is 13.8. The molecule has 5 heteroatoms. The van der Waals surface area contributed by atoms with Crippen LogP contribution in [-0.2, 0) is 14.3 Å². The summed E-state index contributed by atoms with van der Waals surface area (Å²) in [6, 6.07) is 0. The van der Waals surface area contributed by atoms with Gasteiger partial charge in [-0.2, -0.15) is 0 Å². The standard InChI is InChI=1S/C12H16Cl2O3/c1-3-5-9(13)11(15)7-17-8-12(16)10(14)6-4-2/h3-4,9-10H,1-2,5-8H2. The number of hydrogen-bond acceptors (Lipinski definition) is 3. The largest absolute Gasteiger partial charge is 0.366 e. The summed E-state index contributed by atoms with van der Waals surface area (Å²) in [6.07, 6.45) is 3.87. The highest BCUT2D eigenvalue weighted by Crippen LogP contribution is 2.06. The van der Waals surface area contributed by atoms with Crippen molar-refractivity contribution in [3.05, 3.63) is 25.3 Å². The van der Waals surface area contributed by atoms with E-state index in [0.717, 1.165) is 0 Å². The van der Waals surface area contributed by atoms with Gasteiger partial charge >= 0.3 is 0 Å². The van der Waals surface area contributed by atoms with Crippen molar-refractivity contribution in [3.8, 4) is 0 Å². The van der Waals surface area contributed by atoms with Crippen LogP contribution in [0.3, 0.4) is 0 Å². The zero-order valence-electron chi connectivity index (χ0n) is 9.53. The lowest BCUT2D eigenvalue weighted by Gasteiger charge is -2.08. The summed E-state index contributed by atoms with van der Waals surface area (Å²) in [4.78, 5) is 22.7. The number of carbonyl (C=O) groups excluding carboxylic acids is 2. The van der Waals surface area contributed by atoms with E-state index in [1.54, 1.807) is 12.2 Å². The molecule has 0 heterocycles. The molecule has 0 spiro atoms. The van der Waals surface area contributed by atoms with Gasteiger partial charge in [0, 0.05) is 0 Å². The van der Waals surface area contributed by atoms with Crippen molar-refractivity contribution in [2.24, 2.45) is 0 Å². The van der Waals surface area contributed by atoms with E-state index in [1.807, 2.05) is 0 Å². The summed E-state index contributed by atoms with van der Waals surface area (Å²) in [6.45, 7) is 6.58. The van der Waals surface area contributed by atoms with Gasteiger partial charge in [0.15, 0.2) is 11.6 Å². The Hall–Kier alpha value is -0.640. The van der Waals surface area contributed by atoms with E-state index in [9.17, 15) is 9.59 Å². The van der Waals surface area contributed by atoms with Crippen LogP contribution in [0.4, 0.5) is 0 Å². The average molecular weight is 279 g/mol. The third-order valence-corrected chi connectivity index (χ3v) is 2.78. The molecule has 96 valence electrons. The lowest BCUT2D eigenvalue weighted by atomic mass is 10.2. The van der Waals surface area contributed by atoms with E-state index in [0.29, 0.717) is 12.8 Å². The third-order valence-electron chi connectivity index (χ3n) is 1.93. The molecule has 2 atom stereocenters. The van der Waals surface area contributed by atoms with Gasteiger partial charge in [-0.3, -0.25) is 9.59 Å². The molecule has 2 unspecified atom stereocenters. The fraction of sp³-hybridized carbons (Fsp3) is 0.500. The lowest BCUT2D eigenvalue weighted by molar-refractivity contribution is -0.128. The topological polar surface area (TPSA) is 43.4 Å².